The minimum absolute atomic E-state index is 0.249. The smallest absolute Gasteiger partial charge is 0.194 e. The first kappa shape index (κ1) is 20.0. The van der Waals surface area contributed by atoms with Crippen molar-refractivity contribution in [3.8, 4) is 0 Å². The Balaban J connectivity index is 1.31. The zero-order valence-electron chi connectivity index (χ0n) is 17.0. The Kier molecular flexibility index (Phi) is 7.20. The van der Waals surface area contributed by atoms with Gasteiger partial charge in [-0.25, -0.2) is 0 Å². The number of aliphatic imine (C=N–C) groups is 1. The molecule has 2 saturated heterocycles. The molecule has 2 aromatic rings. The fourth-order valence-corrected chi connectivity index (χ4v) is 3.83. The molecule has 2 aliphatic rings. The summed E-state index contributed by atoms with van der Waals surface area (Å²) in [6, 6.07) is 5.87. The third-order valence-electron chi connectivity index (χ3n) is 5.50. The van der Waals surface area contributed by atoms with Crippen LogP contribution in [0, 0.1) is 0 Å². The molecule has 0 spiro atoms. The van der Waals surface area contributed by atoms with Crippen molar-refractivity contribution in [3.63, 3.8) is 0 Å². The van der Waals surface area contributed by atoms with E-state index >= 15 is 0 Å². The van der Waals surface area contributed by atoms with Crippen molar-refractivity contribution in [3.05, 3.63) is 42.2 Å². The van der Waals surface area contributed by atoms with E-state index in [0.29, 0.717) is 0 Å². The van der Waals surface area contributed by atoms with Crippen molar-refractivity contribution in [2.24, 2.45) is 4.99 Å². The maximum absolute atomic E-state index is 5.86. The van der Waals surface area contributed by atoms with Gasteiger partial charge < -0.3 is 23.9 Å². The van der Waals surface area contributed by atoms with Gasteiger partial charge in [-0.05, 0) is 31.4 Å². The van der Waals surface area contributed by atoms with E-state index in [9.17, 15) is 0 Å². The molecule has 1 unspecified atom stereocenters. The molecule has 29 heavy (non-hydrogen) atoms. The summed E-state index contributed by atoms with van der Waals surface area (Å²) in [5, 5.41) is 7.56. The molecule has 1 N–H and O–H groups in total. The SMILES string of the molecule is c1coc(CCNC(=NCC2CCCCO2)N2CCN(Cc3ccon3)CC2)c1. The summed E-state index contributed by atoms with van der Waals surface area (Å²) in [4.78, 5) is 9.67. The topological polar surface area (TPSA) is 79.3 Å². The quantitative estimate of drug-likeness (QED) is 0.562. The first-order valence-corrected chi connectivity index (χ1v) is 10.7. The van der Waals surface area contributed by atoms with Crippen LogP contribution in [0.25, 0.3) is 0 Å². The van der Waals surface area contributed by atoms with E-state index in [4.69, 9.17) is 18.7 Å². The van der Waals surface area contributed by atoms with Crippen LogP contribution in [0.5, 0.6) is 0 Å². The van der Waals surface area contributed by atoms with Gasteiger partial charge in [0.1, 0.15) is 12.0 Å². The Morgan fingerprint density at radius 2 is 2.10 bits per heavy atom. The lowest BCUT2D eigenvalue weighted by Gasteiger charge is -2.36. The predicted octanol–water partition coefficient (Wildman–Crippen LogP) is 2.14. The van der Waals surface area contributed by atoms with E-state index < -0.39 is 0 Å². The highest BCUT2D eigenvalue weighted by molar-refractivity contribution is 5.80. The first-order valence-electron chi connectivity index (χ1n) is 10.7. The molecule has 1 atom stereocenters. The van der Waals surface area contributed by atoms with Crippen LogP contribution in [-0.4, -0.2) is 72.9 Å². The molecule has 8 nitrogen and oxygen atoms in total. The maximum atomic E-state index is 5.86. The summed E-state index contributed by atoms with van der Waals surface area (Å²) in [6.07, 6.45) is 7.96. The fraction of sp³-hybridized carbons (Fsp3) is 0.619. The molecule has 2 aromatic heterocycles. The van der Waals surface area contributed by atoms with Crippen LogP contribution in [0.15, 0.2) is 44.7 Å². The molecule has 2 aliphatic heterocycles. The van der Waals surface area contributed by atoms with Crippen molar-refractivity contribution in [2.75, 3.05) is 45.9 Å². The van der Waals surface area contributed by atoms with Gasteiger partial charge in [0.25, 0.3) is 0 Å². The molecule has 0 saturated carbocycles. The van der Waals surface area contributed by atoms with Crippen molar-refractivity contribution < 1.29 is 13.7 Å². The predicted molar refractivity (Wildman–Crippen MR) is 110 cm³/mol. The van der Waals surface area contributed by atoms with Crippen LogP contribution in [-0.2, 0) is 17.7 Å². The van der Waals surface area contributed by atoms with Crippen molar-refractivity contribution in [1.82, 2.24) is 20.3 Å². The number of nitrogens with zero attached hydrogens (tertiary/aromatic N) is 4. The molecule has 0 aromatic carbocycles. The van der Waals surface area contributed by atoms with Gasteiger partial charge in [0, 0.05) is 58.4 Å². The molecule has 0 aliphatic carbocycles. The number of piperazine rings is 1. The minimum Gasteiger partial charge on any atom is -0.469 e. The Bertz CT molecular complexity index is 718. The monoisotopic (exact) mass is 401 g/mol. The number of hydrogen-bond acceptors (Lipinski definition) is 6. The van der Waals surface area contributed by atoms with Gasteiger partial charge in [-0.15, -0.1) is 0 Å². The molecule has 0 amide bonds. The third kappa shape index (κ3) is 6.08. The second-order valence-corrected chi connectivity index (χ2v) is 7.66. The van der Waals surface area contributed by atoms with Gasteiger partial charge in [-0.2, -0.15) is 0 Å². The Labute approximate surface area is 171 Å². The molecule has 8 heteroatoms. The molecule has 158 valence electrons. The highest BCUT2D eigenvalue weighted by Gasteiger charge is 2.21. The van der Waals surface area contributed by atoms with E-state index in [0.717, 1.165) is 82.7 Å². The van der Waals surface area contributed by atoms with Crippen LogP contribution >= 0.6 is 0 Å². The Hall–Kier alpha value is -2.32. The third-order valence-corrected chi connectivity index (χ3v) is 5.50. The molecule has 2 fully saturated rings. The van der Waals surface area contributed by atoms with Gasteiger partial charge in [-0.1, -0.05) is 5.16 Å². The van der Waals surface area contributed by atoms with Crippen molar-refractivity contribution >= 4 is 5.96 Å². The molecule has 4 rings (SSSR count). The van der Waals surface area contributed by atoms with Gasteiger partial charge in [-0.3, -0.25) is 9.89 Å². The van der Waals surface area contributed by atoms with Crippen LogP contribution in [0.2, 0.25) is 0 Å². The lowest BCUT2D eigenvalue weighted by Crippen LogP contribution is -2.52. The van der Waals surface area contributed by atoms with Crippen molar-refractivity contribution in [2.45, 2.75) is 38.3 Å². The number of ether oxygens (including phenoxy) is 1. The van der Waals surface area contributed by atoms with Crippen LogP contribution in [0.1, 0.15) is 30.7 Å². The van der Waals surface area contributed by atoms with Gasteiger partial charge in [0.2, 0.25) is 0 Å². The molecule has 0 bridgehead atoms. The van der Waals surface area contributed by atoms with E-state index in [-0.39, 0.29) is 6.10 Å². The summed E-state index contributed by atoms with van der Waals surface area (Å²) in [5.74, 6) is 1.97. The summed E-state index contributed by atoms with van der Waals surface area (Å²) in [7, 11) is 0. The number of furan rings is 1. The van der Waals surface area contributed by atoms with Crippen LogP contribution in [0.3, 0.4) is 0 Å². The number of guanidine groups is 1. The Morgan fingerprint density at radius 3 is 2.83 bits per heavy atom. The minimum atomic E-state index is 0.249. The van der Waals surface area contributed by atoms with E-state index in [1.165, 1.54) is 12.8 Å². The second-order valence-electron chi connectivity index (χ2n) is 7.66. The molecule has 4 heterocycles. The first-order chi connectivity index (χ1) is 14.4. The summed E-state index contributed by atoms with van der Waals surface area (Å²) in [5.41, 5.74) is 0.985. The van der Waals surface area contributed by atoms with Gasteiger partial charge >= 0.3 is 0 Å². The molecule has 0 radical (unpaired) electrons. The van der Waals surface area contributed by atoms with Gasteiger partial charge in [0.15, 0.2) is 5.96 Å². The Morgan fingerprint density at radius 1 is 1.17 bits per heavy atom. The van der Waals surface area contributed by atoms with Crippen LogP contribution in [0.4, 0.5) is 0 Å². The molecular weight excluding hydrogens is 370 g/mol. The summed E-state index contributed by atoms with van der Waals surface area (Å²) >= 11 is 0. The zero-order chi connectivity index (χ0) is 19.7. The number of rotatable bonds is 7. The molecular formula is C21H31N5O3. The normalized spacial score (nSPS) is 21.4. The van der Waals surface area contributed by atoms with E-state index in [2.05, 4.69) is 20.3 Å². The average molecular weight is 402 g/mol. The fourth-order valence-electron chi connectivity index (χ4n) is 3.83. The number of aromatic nitrogens is 1. The summed E-state index contributed by atoms with van der Waals surface area (Å²) in [6.45, 7) is 7.06. The van der Waals surface area contributed by atoms with Crippen molar-refractivity contribution in [1.29, 1.82) is 0 Å². The highest BCUT2D eigenvalue weighted by atomic mass is 16.5. The number of hydrogen-bond donors (Lipinski definition) is 1. The van der Waals surface area contributed by atoms with E-state index in [1.54, 1.807) is 12.5 Å². The lowest BCUT2D eigenvalue weighted by molar-refractivity contribution is 0.0222. The van der Waals surface area contributed by atoms with Crippen LogP contribution < -0.4 is 5.32 Å². The maximum Gasteiger partial charge on any atom is 0.194 e. The van der Waals surface area contributed by atoms with Gasteiger partial charge in [0.05, 0.1) is 24.6 Å². The number of nitrogens with one attached hydrogen (secondary N) is 1. The zero-order valence-corrected chi connectivity index (χ0v) is 17.0. The summed E-state index contributed by atoms with van der Waals surface area (Å²) < 4.78 is 16.3. The second kappa shape index (κ2) is 10.5. The largest absolute Gasteiger partial charge is 0.469 e. The average Bonchev–Trinajstić information content (AvgIpc) is 3.46. The lowest BCUT2D eigenvalue weighted by atomic mass is 10.1. The van der Waals surface area contributed by atoms with E-state index in [1.807, 2.05) is 18.2 Å². The highest BCUT2D eigenvalue weighted by Crippen LogP contribution is 2.13. The standard InChI is InChI=1S/C21H31N5O3/c1-2-13-28-20(4-1)16-23-21(22-8-6-19-5-3-14-27-19)26-11-9-25(10-12-26)17-18-7-15-29-24-18/h3,5,7,14-15,20H,1-2,4,6,8-13,16-17H2,(H,22,23).